The molecule has 2 saturated heterocycles. The Balaban J connectivity index is 1.43. The lowest BCUT2D eigenvalue weighted by molar-refractivity contribution is -0.137. The van der Waals surface area contributed by atoms with Crippen molar-refractivity contribution in [1.82, 2.24) is 10.2 Å². The predicted octanol–water partition coefficient (Wildman–Crippen LogP) is 5.65. The molecule has 2 aromatic carbocycles. The number of nitrogens with zero attached hydrogens (tertiary/aromatic N) is 2. The fourth-order valence-electron chi connectivity index (χ4n) is 5.21. The number of amides is 2. The molecule has 0 radical (unpaired) electrons. The van der Waals surface area contributed by atoms with Gasteiger partial charge in [0.1, 0.15) is 12.4 Å². The van der Waals surface area contributed by atoms with Gasteiger partial charge in [0.25, 0.3) is 0 Å². The quantitative estimate of drug-likeness (QED) is 0.328. The zero-order valence-electron chi connectivity index (χ0n) is 21.0. The van der Waals surface area contributed by atoms with Crippen LogP contribution in [0.4, 0.5) is 23.7 Å². The summed E-state index contributed by atoms with van der Waals surface area (Å²) in [5.41, 5.74) is 6.95. The lowest BCUT2D eigenvalue weighted by Crippen LogP contribution is -2.32. The number of carbonyl (C=O) groups is 1. The average Bonchev–Trinajstić information content (AvgIpc) is 3.48. The summed E-state index contributed by atoms with van der Waals surface area (Å²) in [4.78, 5) is 19.4. The average molecular weight is 594 g/mol. The zero-order valence-corrected chi connectivity index (χ0v) is 22.6. The van der Waals surface area contributed by atoms with Gasteiger partial charge in [-0.2, -0.15) is 13.2 Å². The molecular weight excluding hydrogens is 563 g/mol. The number of ether oxygens (including phenoxy) is 1. The van der Waals surface area contributed by atoms with Crippen molar-refractivity contribution in [1.29, 1.82) is 0 Å². The number of fused-ring (bicyclic) bond motifs is 2. The molecule has 2 fully saturated rings. The fourth-order valence-corrected chi connectivity index (χ4v) is 5.61. The van der Waals surface area contributed by atoms with Gasteiger partial charge in [-0.3, -0.25) is 9.89 Å². The Kier molecular flexibility index (Phi) is 8.99. The molecule has 0 saturated carbocycles. The van der Waals surface area contributed by atoms with Gasteiger partial charge < -0.3 is 21.1 Å². The Hall–Kier alpha value is -3.05. The molecule has 2 aliphatic heterocycles. The number of alkyl halides is 3. The van der Waals surface area contributed by atoms with Crippen LogP contribution in [0.1, 0.15) is 42.4 Å². The van der Waals surface area contributed by atoms with E-state index in [4.69, 9.17) is 10.5 Å². The fraction of sp³-hybridized carbons (Fsp3) is 0.407. The van der Waals surface area contributed by atoms with E-state index in [9.17, 15) is 18.0 Å². The molecule has 4 rings (SSSR count). The van der Waals surface area contributed by atoms with Crippen LogP contribution in [0.3, 0.4) is 0 Å². The maximum absolute atomic E-state index is 13.0. The largest absolute Gasteiger partial charge is 0.492 e. The molecule has 0 aromatic heterocycles. The van der Waals surface area contributed by atoms with Crippen molar-refractivity contribution in [3.05, 3.63) is 69.8 Å². The highest BCUT2D eigenvalue weighted by Gasteiger charge is 2.38. The molecule has 2 aliphatic rings. The molecule has 2 heterocycles. The van der Waals surface area contributed by atoms with Crippen LogP contribution in [-0.2, 0) is 12.7 Å². The van der Waals surface area contributed by atoms with E-state index in [-0.39, 0.29) is 6.54 Å². The first-order chi connectivity index (χ1) is 18.2. The van der Waals surface area contributed by atoms with Gasteiger partial charge in [-0.1, -0.05) is 12.1 Å². The first-order valence-corrected chi connectivity index (χ1v) is 13.3. The number of carbonyl (C=O) groups excluding carboxylic acids is 1. The van der Waals surface area contributed by atoms with Crippen LogP contribution < -0.4 is 21.1 Å². The third kappa shape index (κ3) is 6.68. The molecule has 2 aromatic rings. The molecule has 4 N–H and O–H groups in total. The third-order valence-corrected chi connectivity index (χ3v) is 7.65. The molecule has 11 heteroatoms. The van der Waals surface area contributed by atoms with Crippen molar-refractivity contribution in [2.75, 3.05) is 25.5 Å². The Morgan fingerprint density at radius 1 is 1.18 bits per heavy atom. The lowest BCUT2D eigenvalue weighted by Gasteiger charge is -2.22. The van der Waals surface area contributed by atoms with Crippen molar-refractivity contribution in [3.8, 4) is 5.75 Å². The Labute approximate surface area is 228 Å². The molecule has 204 valence electrons. The summed E-state index contributed by atoms with van der Waals surface area (Å²) in [6, 6.07) is 10.8. The van der Waals surface area contributed by atoms with Gasteiger partial charge >= 0.3 is 12.2 Å². The Bertz CT molecular complexity index is 1200. The second-order valence-electron chi connectivity index (χ2n) is 9.35. The first kappa shape index (κ1) is 28.0. The number of hydrogen-bond acceptors (Lipinski definition) is 5. The minimum Gasteiger partial charge on any atom is -0.492 e. The Morgan fingerprint density at radius 2 is 1.89 bits per heavy atom. The van der Waals surface area contributed by atoms with E-state index >= 15 is 0 Å². The summed E-state index contributed by atoms with van der Waals surface area (Å²) in [5, 5.41) is 5.32. The number of anilines is 1. The summed E-state index contributed by atoms with van der Waals surface area (Å²) >= 11 is 3.43. The van der Waals surface area contributed by atoms with Gasteiger partial charge in [-0.15, -0.1) is 0 Å². The number of rotatable bonds is 9. The van der Waals surface area contributed by atoms with Crippen LogP contribution in [0.5, 0.6) is 5.75 Å². The minimum absolute atomic E-state index is 0.0641. The standard InChI is InChI=1S/C27H31BrF3N5O2/c1-33-25(23(28)15-32)22-14-19(5-10-24(22)38-12-11-36-20-6-7-21(36)9-8-20)35-26(37)34-16-17-3-2-4-18(13-17)27(29,30)31/h2-5,10,13-15,20-21H,6-9,11-12,16,32H2,1H3,(H2,34,35,37). The van der Waals surface area contributed by atoms with Crippen molar-refractivity contribution in [2.24, 2.45) is 10.7 Å². The number of benzene rings is 2. The molecule has 2 amide bonds. The normalized spacial score (nSPS) is 20.0. The van der Waals surface area contributed by atoms with E-state index in [0.717, 1.165) is 18.7 Å². The van der Waals surface area contributed by atoms with E-state index in [1.54, 1.807) is 25.2 Å². The van der Waals surface area contributed by atoms with Crippen LogP contribution in [0, 0.1) is 0 Å². The number of nitrogens with two attached hydrogens (primary N) is 1. The Morgan fingerprint density at radius 3 is 2.53 bits per heavy atom. The van der Waals surface area contributed by atoms with Gasteiger partial charge in [0.05, 0.1) is 15.8 Å². The minimum atomic E-state index is -4.45. The molecule has 0 aliphatic carbocycles. The van der Waals surface area contributed by atoms with Gasteiger partial charge in [-0.25, -0.2) is 4.79 Å². The molecule has 0 atom stereocenters. The number of halogens is 4. The number of allylic oxidation sites excluding steroid dienone is 1. The highest BCUT2D eigenvalue weighted by atomic mass is 79.9. The van der Waals surface area contributed by atoms with Gasteiger partial charge in [0, 0.05) is 49.7 Å². The predicted molar refractivity (Wildman–Crippen MR) is 146 cm³/mol. The van der Waals surface area contributed by atoms with E-state index < -0.39 is 17.8 Å². The maximum Gasteiger partial charge on any atom is 0.416 e. The van der Waals surface area contributed by atoms with E-state index in [1.165, 1.54) is 44.0 Å². The van der Waals surface area contributed by atoms with Gasteiger partial charge in [-0.05, 0) is 77.5 Å². The number of urea groups is 1. The van der Waals surface area contributed by atoms with Crippen molar-refractivity contribution in [2.45, 2.75) is 50.5 Å². The highest BCUT2D eigenvalue weighted by Crippen LogP contribution is 2.37. The molecule has 7 nitrogen and oxygen atoms in total. The summed E-state index contributed by atoms with van der Waals surface area (Å²) in [6.45, 7) is 1.30. The lowest BCUT2D eigenvalue weighted by atomic mass is 10.0. The highest BCUT2D eigenvalue weighted by molar-refractivity contribution is 9.12. The molecule has 0 unspecified atom stereocenters. The summed E-state index contributed by atoms with van der Waals surface area (Å²) < 4.78 is 45.6. The van der Waals surface area contributed by atoms with E-state index in [2.05, 4.69) is 36.5 Å². The van der Waals surface area contributed by atoms with Crippen LogP contribution in [-0.4, -0.2) is 48.9 Å². The topological polar surface area (TPSA) is 92.0 Å². The number of nitrogens with one attached hydrogen (secondary N) is 2. The van der Waals surface area contributed by atoms with Crippen LogP contribution in [0.25, 0.3) is 0 Å². The second-order valence-corrected chi connectivity index (χ2v) is 10.2. The summed E-state index contributed by atoms with van der Waals surface area (Å²) in [6.07, 6.45) is 1.97. The zero-order chi connectivity index (χ0) is 27.3. The van der Waals surface area contributed by atoms with Gasteiger partial charge in [0.2, 0.25) is 0 Å². The molecule has 2 bridgehead atoms. The second kappa shape index (κ2) is 12.2. The molecule has 0 spiro atoms. The number of aliphatic imine (C=N–C) groups is 1. The van der Waals surface area contributed by atoms with Crippen LogP contribution >= 0.6 is 15.9 Å². The molecular formula is C27H31BrF3N5O2. The van der Waals surface area contributed by atoms with Crippen LogP contribution in [0.2, 0.25) is 0 Å². The smallest absolute Gasteiger partial charge is 0.416 e. The third-order valence-electron chi connectivity index (χ3n) is 7.01. The SMILES string of the molecule is CN=C(C(Br)=CN)c1cc(NC(=O)NCc2cccc(C(F)(F)F)c2)ccc1OCCN1C2CCC1CC2. The van der Waals surface area contributed by atoms with Crippen molar-refractivity contribution >= 4 is 33.4 Å². The maximum atomic E-state index is 13.0. The summed E-state index contributed by atoms with van der Waals surface area (Å²) in [7, 11) is 1.63. The van der Waals surface area contributed by atoms with Crippen LogP contribution in [0.15, 0.2) is 58.1 Å². The molecule has 38 heavy (non-hydrogen) atoms. The van der Waals surface area contributed by atoms with Crippen molar-refractivity contribution < 1.29 is 22.7 Å². The van der Waals surface area contributed by atoms with E-state index in [1.807, 2.05) is 0 Å². The first-order valence-electron chi connectivity index (χ1n) is 12.5. The van der Waals surface area contributed by atoms with Crippen molar-refractivity contribution in [3.63, 3.8) is 0 Å². The monoisotopic (exact) mass is 593 g/mol. The van der Waals surface area contributed by atoms with Gasteiger partial charge in [0.15, 0.2) is 0 Å². The number of hydrogen-bond donors (Lipinski definition) is 3. The summed E-state index contributed by atoms with van der Waals surface area (Å²) in [5.74, 6) is 0.603. The van der Waals surface area contributed by atoms with E-state index in [0.29, 0.717) is 51.4 Å².